The van der Waals surface area contributed by atoms with Gasteiger partial charge in [0.05, 0.1) is 6.04 Å². The Kier molecular flexibility index (Phi) is 4.27. The fourth-order valence-corrected chi connectivity index (χ4v) is 3.77. The van der Waals surface area contributed by atoms with E-state index in [-0.39, 0.29) is 5.91 Å². The average molecular weight is 343 g/mol. The minimum atomic E-state index is -2.52. The largest absolute Gasteiger partial charge is 0.485 e. The lowest BCUT2D eigenvalue weighted by molar-refractivity contribution is -0.139. The number of benzene rings is 1. The van der Waals surface area contributed by atoms with Crippen LogP contribution in [0.15, 0.2) is 23.1 Å². The van der Waals surface area contributed by atoms with Crippen molar-refractivity contribution in [2.45, 2.75) is 55.1 Å². The molecule has 2 aliphatic heterocycles. The first-order valence-corrected chi connectivity index (χ1v) is 8.43. The number of carbonyl (C=O) groups is 1. The lowest BCUT2D eigenvalue weighted by atomic mass is 9.85. The number of hydrogen-bond donors (Lipinski definition) is 1. The summed E-state index contributed by atoms with van der Waals surface area (Å²) >= 11 is 0.444. The maximum Gasteiger partial charge on any atom is 0.288 e. The molecule has 0 bridgehead atoms. The van der Waals surface area contributed by atoms with E-state index in [9.17, 15) is 18.7 Å². The van der Waals surface area contributed by atoms with Crippen LogP contribution in [0.2, 0.25) is 0 Å². The van der Waals surface area contributed by atoms with Crippen LogP contribution in [-0.4, -0.2) is 39.9 Å². The third-order valence-corrected chi connectivity index (χ3v) is 5.06. The second kappa shape index (κ2) is 5.94. The second-order valence-electron chi connectivity index (χ2n) is 6.36. The molecule has 0 saturated carbocycles. The number of alkyl halides is 2. The Labute approximate surface area is 137 Å². The van der Waals surface area contributed by atoms with Crippen LogP contribution in [0.1, 0.15) is 38.3 Å². The van der Waals surface area contributed by atoms with E-state index in [0.29, 0.717) is 40.9 Å². The summed E-state index contributed by atoms with van der Waals surface area (Å²) in [5, 5.41) is 10.7. The summed E-state index contributed by atoms with van der Waals surface area (Å²) in [5.74, 6) is -2.01. The molecular formula is C16H19F2NO3S. The number of aliphatic hydroxyl groups excluding tert-OH is 1. The third kappa shape index (κ3) is 3.04. The number of thioether (sulfide) groups is 1. The Morgan fingerprint density at radius 2 is 2.17 bits per heavy atom. The predicted octanol–water partition coefficient (Wildman–Crippen LogP) is 3.20. The maximum absolute atomic E-state index is 12.6. The number of hydrogen-bond acceptors (Lipinski definition) is 4. The van der Waals surface area contributed by atoms with Gasteiger partial charge in [0.25, 0.3) is 5.76 Å². The zero-order valence-electron chi connectivity index (χ0n) is 13.0. The maximum atomic E-state index is 12.6. The molecule has 3 rings (SSSR count). The monoisotopic (exact) mass is 343 g/mol. The summed E-state index contributed by atoms with van der Waals surface area (Å²) in [6.45, 7) is 4.08. The second-order valence-corrected chi connectivity index (χ2v) is 7.43. The summed E-state index contributed by atoms with van der Waals surface area (Å²) < 4.78 is 31.1. The number of likely N-dealkylation sites (tertiary alicyclic amines) is 1. The molecule has 0 radical (unpaired) electrons. The zero-order chi connectivity index (χ0) is 16.8. The summed E-state index contributed by atoms with van der Waals surface area (Å²) in [6, 6.07) is 4.25. The van der Waals surface area contributed by atoms with E-state index in [2.05, 4.69) is 0 Å². The van der Waals surface area contributed by atoms with E-state index in [0.717, 1.165) is 6.42 Å². The van der Waals surface area contributed by atoms with E-state index >= 15 is 0 Å². The van der Waals surface area contributed by atoms with Crippen LogP contribution in [0.4, 0.5) is 8.78 Å². The number of ether oxygens (including phenoxy) is 1. The smallest absolute Gasteiger partial charge is 0.288 e. The van der Waals surface area contributed by atoms with E-state index in [4.69, 9.17) is 4.74 Å². The SMILES string of the molecule is CC1(C)Oc2ccc(SC(F)F)cc2C(N2CCCC2=O)C1O. The van der Waals surface area contributed by atoms with Crippen molar-refractivity contribution >= 4 is 17.7 Å². The van der Waals surface area contributed by atoms with Gasteiger partial charge in [0.2, 0.25) is 5.91 Å². The van der Waals surface area contributed by atoms with Crippen LogP contribution in [0.25, 0.3) is 0 Å². The van der Waals surface area contributed by atoms with Crippen LogP contribution >= 0.6 is 11.8 Å². The summed E-state index contributed by atoms with van der Waals surface area (Å²) in [7, 11) is 0. The molecule has 23 heavy (non-hydrogen) atoms. The van der Waals surface area contributed by atoms with Crippen molar-refractivity contribution in [3.05, 3.63) is 23.8 Å². The first-order chi connectivity index (χ1) is 10.8. The fraction of sp³-hybridized carbons (Fsp3) is 0.562. The van der Waals surface area contributed by atoms with Crippen molar-refractivity contribution in [3.63, 3.8) is 0 Å². The molecule has 126 valence electrons. The van der Waals surface area contributed by atoms with Gasteiger partial charge in [0.15, 0.2) is 0 Å². The topological polar surface area (TPSA) is 49.8 Å². The molecule has 2 heterocycles. The van der Waals surface area contributed by atoms with Crippen molar-refractivity contribution in [2.75, 3.05) is 6.54 Å². The van der Waals surface area contributed by atoms with Gasteiger partial charge in [0, 0.05) is 23.4 Å². The van der Waals surface area contributed by atoms with Crippen molar-refractivity contribution in [2.24, 2.45) is 0 Å². The summed E-state index contributed by atoms with van der Waals surface area (Å²) in [6.07, 6.45) is 0.263. The van der Waals surface area contributed by atoms with E-state index in [1.807, 2.05) is 0 Å². The van der Waals surface area contributed by atoms with Gasteiger partial charge in [-0.2, -0.15) is 8.78 Å². The standard InChI is InChI=1S/C16H19F2NO3S/c1-16(2)14(21)13(19-7-3-4-12(19)20)10-8-9(23-15(17)18)5-6-11(10)22-16/h5-6,8,13-15,21H,3-4,7H2,1-2H3. The van der Waals surface area contributed by atoms with Crippen molar-refractivity contribution in [3.8, 4) is 5.75 Å². The fourth-order valence-electron chi connectivity index (χ4n) is 3.22. The number of rotatable bonds is 3. The first-order valence-electron chi connectivity index (χ1n) is 7.55. The molecule has 1 saturated heterocycles. The molecule has 1 N–H and O–H groups in total. The van der Waals surface area contributed by atoms with E-state index in [1.165, 1.54) is 0 Å². The van der Waals surface area contributed by atoms with Crippen LogP contribution < -0.4 is 4.74 Å². The highest BCUT2D eigenvalue weighted by molar-refractivity contribution is 7.99. The molecule has 0 aromatic heterocycles. The molecule has 1 aromatic carbocycles. The summed E-state index contributed by atoms with van der Waals surface area (Å²) in [4.78, 5) is 14.2. The quantitative estimate of drug-likeness (QED) is 0.857. The lowest BCUT2D eigenvalue weighted by Gasteiger charge is -2.45. The predicted molar refractivity (Wildman–Crippen MR) is 82.7 cm³/mol. The minimum Gasteiger partial charge on any atom is -0.485 e. The molecular weight excluding hydrogens is 324 g/mol. The molecule has 2 aliphatic rings. The Balaban J connectivity index is 2.05. The van der Waals surface area contributed by atoms with Gasteiger partial charge >= 0.3 is 0 Å². The van der Waals surface area contributed by atoms with Gasteiger partial charge in [0.1, 0.15) is 17.5 Å². The third-order valence-electron chi connectivity index (χ3n) is 4.36. The summed E-state index contributed by atoms with van der Waals surface area (Å²) in [5.41, 5.74) is -0.268. The zero-order valence-corrected chi connectivity index (χ0v) is 13.8. The average Bonchev–Trinajstić information content (AvgIpc) is 2.86. The Hall–Kier alpha value is -1.34. The first kappa shape index (κ1) is 16.5. The Bertz CT molecular complexity index is 623. The van der Waals surface area contributed by atoms with Crippen molar-refractivity contribution in [1.82, 2.24) is 4.90 Å². The molecule has 2 unspecified atom stereocenters. The number of nitrogens with zero attached hydrogens (tertiary/aromatic N) is 1. The van der Waals surface area contributed by atoms with E-state index in [1.54, 1.807) is 36.9 Å². The van der Waals surface area contributed by atoms with Crippen LogP contribution in [0.5, 0.6) is 5.75 Å². The van der Waals surface area contributed by atoms with Crippen molar-refractivity contribution in [1.29, 1.82) is 0 Å². The van der Waals surface area contributed by atoms with Gasteiger partial charge in [-0.25, -0.2) is 0 Å². The normalized spacial score (nSPS) is 26.3. The Morgan fingerprint density at radius 1 is 1.43 bits per heavy atom. The molecule has 2 atom stereocenters. The number of fused-ring (bicyclic) bond motifs is 1. The molecule has 1 aromatic rings. The van der Waals surface area contributed by atoms with Gasteiger partial charge < -0.3 is 14.7 Å². The molecule has 0 spiro atoms. The number of halogens is 2. The van der Waals surface area contributed by atoms with Gasteiger partial charge in [-0.1, -0.05) is 11.8 Å². The molecule has 0 aliphatic carbocycles. The number of aliphatic hydroxyl groups is 1. The van der Waals surface area contributed by atoms with Crippen LogP contribution in [0, 0.1) is 0 Å². The number of amides is 1. The highest BCUT2D eigenvalue weighted by Crippen LogP contribution is 2.45. The minimum absolute atomic E-state index is 0.0235. The van der Waals surface area contributed by atoms with Crippen LogP contribution in [-0.2, 0) is 4.79 Å². The molecule has 1 amide bonds. The highest BCUT2D eigenvalue weighted by atomic mass is 32.2. The highest BCUT2D eigenvalue weighted by Gasteiger charge is 2.47. The lowest BCUT2D eigenvalue weighted by Crippen LogP contribution is -2.53. The van der Waals surface area contributed by atoms with Gasteiger partial charge in [-0.3, -0.25) is 4.79 Å². The van der Waals surface area contributed by atoms with Crippen LogP contribution in [0.3, 0.4) is 0 Å². The molecule has 7 heteroatoms. The van der Waals surface area contributed by atoms with E-state index < -0.39 is 23.5 Å². The van der Waals surface area contributed by atoms with Crippen molar-refractivity contribution < 1.29 is 23.4 Å². The number of carbonyl (C=O) groups excluding carboxylic acids is 1. The van der Waals surface area contributed by atoms with Gasteiger partial charge in [-0.15, -0.1) is 0 Å². The van der Waals surface area contributed by atoms with Gasteiger partial charge in [-0.05, 0) is 38.5 Å². The Morgan fingerprint density at radius 3 is 2.78 bits per heavy atom. The molecule has 1 fully saturated rings. The molecule has 4 nitrogen and oxygen atoms in total.